The summed E-state index contributed by atoms with van der Waals surface area (Å²) in [6, 6.07) is 8.60. The Hall–Kier alpha value is -2.41. The molecule has 0 saturated carbocycles. The van der Waals surface area contributed by atoms with Gasteiger partial charge in [-0.2, -0.15) is 0 Å². The summed E-state index contributed by atoms with van der Waals surface area (Å²) in [6.07, 6.45) is 1.52. The van der Waals surface area contributed by atoms with Crippen LogP contribution in [0.15, 0.2) is 41.2 Å². The quantitative estimate of drug-likeness (QED) is 0.904. The maximum Gasteiger partial charge on any atom is 0.322 e. The van der Waals surface area contributed by atoms with Gasteiger partial charge in [-0.15, -0.1) is 11.3 Å². The molecule has 1 aromatic carbocycles. The minimum absolute atomic E-state index is 0.126. The van der Waals surface area contributed by atoms with E-state index in [4.69, 9.17) is 0 Å². The molecule has 0 unspecified atom stereocenters. The molecule has 0 bridgehead atoms. The standard InChI is InChI=1S/C16H18N4O2S/c21-15(17-9-13-10-23-11-18-13)14-7-4-8-20(14)16(22)19-12-5-2-1-3-6-12/h1-3,5-6,10-11,14H,4,7-9H2,(H,17,21)(H,19,22)/t14-/m0/s1. The van der Waals surface area contributed by atoms with Crippen LogP contribution in [0.3, 0.4) is 0 Å². The average molecular weight is 330 g/mol. The monoisotopic (exact) mass is 330 g/mol. The van der Waals surface area contributed by atoms with Gasteiger partial charge in [0.05, 0.1) is 17.7 Å². The van der Waals surface area contributed by atoms with Crippen molar-refractivity contribution in [3.63, 3.8) is 0 Å². The number of carbonyl (C=O) groups excluding carboxylic acids is 2. The second-order valence-electron chi connectivity index (χ2n) is 5.35. The highest BCUT2D eigenvalue weighted by atomic mass is 32.1. The van der Waals surface area contributed by atoms with E-state index in [0.717, 1.165) is 17.8 Å². The summed E-state index contributed by atoms with van der Waals surface area (Å²) < 4.78 is 0. The molecule has 0 spiro atoms. The van der Waals surface area contributed by atoms with E-state index in [2.05, 4.69) is 15.6 Å². The van der Waals surface area contributed by atoms with Gasteiger partial charge < -0.3 is 15.5 Å². The largest absolute Gasteiger partial charge is 0.349 e. The van der Waals surface area contributed by atoms with E-state index in [1.165, 1.54) is 11.3 Å². The number of aromatic nitrogens is 1. The Morgan fingerprint density at radius 3 is 2.87 bits per heavy atom. The number of hydrogen-bond acceptors (Lipinski definition) is 4. The fourth-order valence-electron chi connectivity index (χ4n) is 2.62. The lowest BCUT2D eigenvalue weighted by molar-refractivity contribution is -0.124. The SMILES string of the molecule is O=C(NCc1cscn1)[C@@H]1CCCN1C(=O)Nc1ccccc1. The van der Waals surface area contributed by atoms with Gasteiger partial charge in [0.1, 0.15) is 6.04 Å². The normalized spacial score (nSPS) is 17.0. The lowest BCUT2D eigenvalue weighted by Gasteiger charge is -2.24. The molecule has 6 nitrogen and oxygen atoms in total. The van der Waals surface area contributed by atoms with Crippen molar-refractivity contribution in [2.75, 3.05) is 11.9 Å². The molecule has 2 heterocycles. The zero-order valence-electron chi connectivity index (χ0n) is 12.6. The van der Waals surface area contributed by atoms with E-state index in [-0.39, 0.29) is 11.9 Å². The summed E-state index contributed by atoms with van der Waals surface area (Å²) in [5.74, 6) is -0.126. The molecule has 3 amide bonds. The third kappa shape index (κ3) is 3.87. The van der Waals surface area contributed by atoms with Gasteiger partial charge in [-0.1, -0.05) is 18.2 Å². The molecule has 3 rings (SSSR count). The molecule has 1 aliphatic heterocycles. The van der Waals surface area contributed by atoms with Crippen molar-refractivity contribution in [2.45, 2.75) is 25.4 Å². The molecule has 1 fully saturated rings. The minimum Gasteiger partial charge on any atom is -0.349 e. The summed E-state index contributed by atoms with van der Waals surface area (Å²) in [4.78, 5) is 30.5. The molecule has 2 aromatic rings. The number of likely N-dealkylation sites (tertiary alicyclic amines) is 1. The summed E-state index contributed by atoms with van der Waals surface area (Å²) in [5.41, 5.74) is 3.30. The second-order valence-corrected chi connectivity index (χ2v) is 6.06. The third-order valence-corrected chi connectivity index (χ3v) is 4.40. The highest BCUT2D eigenvalue weighted by molar-refractivity contribution is 7.07. The lowest BCUT2D eigenvalue weighted by atomic mass is 10.2. The van der Waals surface area contributed by atoms with Crippen LogP contribution in [0, 0.1) is 0 Å². The number of para-hydroxylation sites is 1. The molecule has 120 valence electrons. The number of rotatable bonds is 4. The molecular weight excluding hydrogens is 312 g/mol. The fourth-order valence-corrected chi connectivity index (χ4v) is 3.18. The average Bonchev–Trinajstić information content (AvgIpc) is 3.25. The van der Waals surface area contributed by atoms with E-state index >= 15 is 0 Å². The first-order valence-corrected chi connectivity index (χ1v) is 8.46. The van der Waals surface area contributed by atoms with Crippen molar-refractivity contribution in [3.05, 3.63) is 46.9 Å². The molecule has 1 saturated heterocycles. The van der Waals surface area contributed by atoms with Crippen LogP contribution in [0.2, 0.25) is 0 Å². The smallest absolute Gasteiger partial charge is 0.322 e. The van der Waals surface area contributed by atoms with Crippen molar-refractivity contribution < 1.29 is 9.59 Å². The van der Waals surface area contributed by atoms with E-state index in [1.807, 2.05) is 35.7 Å². The highest BCUT2D eigenvalue weighted by Crippen LogP contribution is 2.19. The number of anilines is 1. The number of carbonyl (C=O) groups is 2. The lowest BCUT2D eigenvalue weighted by Crippen LogP contribution is -2.47. The summed E-state index contributed by atoms with van der Waals surface area (Å²) in [5, 5.41) is 7.59. The highest BCUT2D eigenvalue weighted by Gasteiger charge is 2.34. The molecule has 1 aliphatic rings. The third-order valence-electron chi connectivity index (χ3n) is 3.77. The maximum atomic E-state index is 12.4. The molecule has 23 heavy (non-hydrogen) atoms. The molecule has 0 radical (unpaired) electrons. The first-order chi connectivity index (χ1) is 11.2. The van der Waals surface area contributed by atoms with E-state index in [9.17, 15) is 9.59 Å². The number of nitrogens with zero attached hydrogens (tertiary/aromatic N) is 2. The first-order valence-electron chi connectivity index (χ1n) is 7.51. The summed E-state index contributed by atoms with van der Waals surface area (Å²) in [6.45, 7) is 0.987. The molecule has 0 aliphatic carbocycles. The Morgan fingerprint density at radius 1 is 1.30 bits per heavy atom. The Balaban J connectivity index is 1.58. The first kappa shape index (κ1) is 15.5. The van der Waals surface area contributed by atoms with Gasteiger partial charge >= 0.3 is 6.03 Å². The van der Waals surface area contributed by atoms with E-state index in [0.29, 0.717) is 19.5 Å². The van der Waals surface area contributed by atoms with E-state index in [1.54, 1.807) is 10.4 Å². The van der Waals surface area contributed by atoms with Gasteiger partial charge in [0.25, 0.3) is 0 Å². The Bertz CT molecular complexity index is 660. The van der Waals surface area contributed by atoms with Crippen molar-refractivity contribution in [3.8, 4) is 0 Å². The Labute approximate surface area is 138 Å². The number of amides is 3. The fraction of sp³-hybridized carbons (Fsp3) is 0.312. The number of nitrogens with one attached hydrogen (secondary N) is 2. The second kappa shape index (κ2) is 7.23. The van der Waals surface area contributed by atoms with Crippen molar-refractivity contribution in [1.82, 2.24) is 15.2 Å². The zero-order valence-corrected chi connectivity index (χ0v) is 13.4. The molecule has 1 atom stereocenters. The van der Waals surface area contributed by atoms with E-state index < -0.39 is 6.04 Å². The van der Waals surface area contributed by atoms with Crippen molar-refractivity contribution >= 4 is 29.0 Å². The van der Waals surface area contributed by atoms with Crippen LogP contribution >= 0.6 is 11.3 Å². The molecule has 2 N–H and O–H groups in total. The topological polar surface area (TPSA) is 74.3 Å². The van der Waals surface area contributed by atoms with Crippen LogP contribution in [0.4, 0.5) is 10.5 Å². The molecule has 7 heteroatoms. The molecule has 1 aromatic heterocycles. The van der Waals surface area contributed by atoms with Gasteiger partial charge in [-0.25, -0.2) is 9.78 Å². The molecular formula is C16H18N4O2S. The van der Waals surface area contributed by atoms with Crippen LogP contribution < -0.4 is 10.6 Å². The van der Waals surface area contributed by atoms with Gasteiger partial charge in [-0.3, -0.25) is 4.79 Å². The predicted molar refractivity (Wildman–Crippen MR) is 89.1 cm³/mol. The van der Waals surface area contributed by atoms with Crippen LogP contribution in [0.1, 0.15) is 18.5 Å². The van der Waals surface area contributed by atoms with Gasteiger partial charge in [0.2, 0.25) is 5.91 Å². The number of benzene rings is 1. The Morgan fingerprint density at radius 2 is 2.13 bits per heavy atom. The van der Waals surface area contributed by atoms with Crippen molar-refractivity contribution in [2.24, 2.45) is 0 Å². The Kier molecular flexibility index (Phi) is 4.87. The number of urea groups is 1. The summed E-state index contributed by atoms with van der Waals surface area (Å²) in [7, 11) is 0. The summed E-state index contributed by atoms with van der Waals surface area (Å²) >= 11 is 1.49. The maximum absolute atomic E-state index is 12.4. The van der Waals surface area contributed by atoms with Crippen LogP contribution in [0.25, 0.3) is 0 Å². The predicted octanol–water partition coefficient (Wildman–Crippen LogP) is 2.46. The van der Waals surface area contributed by atoms with Gasteiger partial charge in [-0.05, 0) is 25.0 Å². The van der Waals surface area contributed by atoms with Crippen LogP contribution in [-0.4, -0.2) is 34.4 Å². The number of thiazole rings is 1. The van der Waals surface area contributed by atoms with Crippen LogP contribution in [0.5, 0.6) is 0 Å². The van der Waals surface area contributed by atoms with Crippen LogP contribution in [-0.2, 0) is 11.3 Å². The minimum atomic E-state index is -0.419. The van der Waals surface area contributed by atoms with Gasteiger partial charge in [0.15, 0.2) is 0 Å². The van der Waals surface area contributed by atoms with Crippen molar-refractivity contribution in [1.29, 1.82) is 0 Å². The number of hydrogen-bond donors (Lipinski definition) is 2. The van der Waals surface area contributed by atoms with Gasteiger partial charge in [0, 0.05) is 17.6 Å². The zero-order chi connectivity index (χ0) is 16.1.